The van der Waals surface area contributed by atoms with E-state index in [4.69, 9.17) is 4.74 Å². The number of halogens is 1. The van der Waals surface area contributed by atoms with Crippen LogP contribution in [0.2, 0.25) is 0 Å². The average Bonchev–Trinajstić information content (AvgIpc) is 2.96. The third-order valence-electron chi connectivity index (χ3n) is 3.78. The highest BCUT2D eigenvalue weighted by atomic mass is 19.1. The van der Waals surface area contributed by atoms with Crippen molar-refractivity contribution >= 4 is 16.9 Å². The van der Waals surface area contributed by atoms with Crippen LogP contribution in [0.15, 0.2) is 48.5 Å². The lowest BCUT2D eigenvalue weighted by atomic mass is 10.2. The van der Waals surface area contributed by atoms with Gasteiger partial charge in [0.25, 0.3) is 5.91 Å². The topological polar surface area (TPSA) is 56.1 Å². The van der Waals surface area contributed by atoms with Crippen molar-refractivity contribution in [2.75, 3.05) is 13.7 Å². The summed E-state index contributed by atoms with van der Waals surface area (Å²) < 4.78 is 20.8. The van der Waals surface area contributed by atoms with Gasteiger partial charge in [0.2, 0.25) is 0 Å². The number of imidazole rings is 1. The predicted molar refractivity (Wildman–Crippen MR) is 89.2 cm³/mol. The number of amides is 1. The summed E-state index contributed by atoms with van der Waals surface area (Å²) in [5.74, 6) is -0.292. The van der Waals surface area contributed by atoms with Gasteiger partial charge in [-0.15, -0.1) is 0 Å². The number of aromatic nitrogens is 2. The Morgan fingerprint density at radius 3 is 2.75 bits per heavy atom. The number of hydrogen-bond acceptors (Lipinski definition) is 3. The molecule has 0 bridgehead atoms. The van der Waals surface area contributed by atoms with Crippen LogP contribution >= 0.6 is 0 Å². The maximum atomic E-state index is 13.7. The zero-order chi connectivity index (χ0) is 16.9. The van der Waals surface area contributed by atoms with E-state index in [2.05, 4.69) is 10.3 Å². The molecular formula is C18H18FN3O2. The summed E-state index contributed by atoms with van der Waals surface area (Å²) in [7, 11) is 1.64. The van der Waals surface area contributed by atoms with E-state index in [1.54, 1.807) is 19.2 Å². The van der Waals surface area contributed by atoms with Crippen molar-refractivity contribution in [3.63, 3.8) is 0 Å². The molecule has 1 amide bonds. The first kappa shape index (κ1) is 16.1. The van der Waals surface area contributed by atoms with Crippen LogP contribution in [-0.4, -0.2) is 29.2 Å². The van der Waals surface area contributed by atoms with Crippen LogP contribution in [0.3, 0.4) is 0 Å². The van der Waals surface area contributed by atoms with Crippen molar-refractivity contribution in [1.29, 1.82) is 0 Å². The van der Waals surface area contributed by atoms with Crippen LogP contribution in [0, 0.1) is 5.82 Å². The first-order valence-corrected chi connectivity index (χ1v) is 7.66. The minimum Gasteiger partial charge on any atom is -0.383 e. The Bertz CT molecular complexity index is 860. The van der Waals surface area contributed by atoms with Crippen LogP contribution in [0.25, 0.3) is 11.0 Å². The van der Waals surface area contributed by atoms with Gasteiger partial charge in [0.15, 0.2) is 0 Å². The number of hydrogen-bond donors (Lipinski definition) is 1. The van der Waals surface area contributed by atoms with Gasteiger partial charge in [-0.25, -0.2) is 9.37 Å². The molecule has 0 fully saturated rings. The number of fused-ring (bicyclic) bond motifs is 1. The van der Waals surface area contributed by atoms with Gasteiger partial charge in [-0.3, -0.25) is 4.79 Å². The zero-order valence-corrected chi connectivity index (χ0v) is 13.3. The van der Waals surface area contributed by atoms with E-state index in [1.807, 2.05) is 28.8 Å². The summed E-state index contributed by atoms with van der Waals surface area (Å²) in [6, 6.07) is 13.6. The number of carbonyl (C=O) groups excluding carboxylic acids is 1. The largest absolute Gasteiger partial charge is 0.383 e. The second-order valence-electron chi connectivity index (χ2n) is 5.32. The summed E-state index contributed by atoms with van der Waals surface area (Å²) in [4.78, 5) is 16.7. The molecule has 1 N–H and O–H groups in total. The van der Waals surface area contributed by atoms with Gasteiger partial charge >= 0.3 is 0 Å². The molecule has 0 atom stereocenters. The molecule has 3 aromatic rings. The van der Waals surface area contributed by atoms with Crippen LogP contribution in [-0.2, 0) is 17.8 Å². The van der Waals surface area contributed by atoms with E-state index < -0.39 is 11.7 Å². The molecule has 3 rings (SSSR count). The smallest absolute Gasteiger partial charge is 0.254 e. The van der Waals surface area contributed by atoms with Crippen LogP contribution < -0.4 is 5.32 Å². The maximum absolute atomic E-state index is 13.7. The average molecular weight is 327 g/mol. The number of para-hydroxylation sites is 2. The van der Waals surface area contributed by atoms with E-state index in [-0.39, 0.29) is 12.1 Å². The molecule has 0 aliphatic rings. The van der Waals surface area contributed by atoms with Crippen molar-refractivity contribution in [2.45, 2.75) is 13.1 Å². The van der Waals surface area contributed by atoms with E-state index in [0.717, 1.165) is 11.0 Å². The number of ether oxygens (including phenoxy) is 1. The highest BCUT2D eigenvalue weighted by Gasteiger charge is 2.14. The monoisotopic (exact) mass is 327 g/mol. The molecule has 24 heavy (non-hydrogen) atoms. The van der Waals surface area contributed by atoms with Gasteiger partial charge in [0.1, 0.15) is 11.6 Å². The Morgan fingerprint density at radius 1 is 1.21 bits per heavy atom. The van der Waals surface area contributed by atoms with E-state index in [9.17, 15) is 9.18 Å². The molecule has 0 aliphatic heterocycles. The van der Waals surface area contributed by atoms with Crippen molar-refractivity contribution < 1.29 is 13.9 Å². The highest BCUT2D eigenvalue weighted by molar-refractivity contribution is 5.94. The molecule has 5 nitrogen and oxygen atoms in total. The minimum atomic E-state index is -0.539. The second kappa shape index (κ2) is 7.23. The lowest BCUT2D eigenvalue weighted by Crippen LogP contribution is -2.26. The van der Waals surface area contributed by atoms with E-state index >= 15 is 0 Å². The third kappa shape index (κ3) is 3.28. The molecule has 0 saturated carbocycles. The fraction of sp³-hybridized carbons (Fsp3) is 0.222. The van der Waals surface area contributed by atoms with Crippen LogP contribution in [0.5, 0.6) is 0 Å². The number of methoxy groups -OCH3 is 1. The van der Waals surface area contributed by atoms with Gasteiger partial charge in [0, 0.05) is 13.7 Å². The molecule has 0 aliphatic carbocycles. The molecular weight excluding hydrogens is 309 g/mol. The van der Waals surface area contributed by atoms with Gasteiger partial charge < -0.3 is 14.6 Å². The Labute approximate surface area is 139 Å². The van der Waals surface area contributed by atoms with Crippen molar-refractivity contribution in [1.82, 2.24) is 14.9 Å². The Morgan fingerprint density at radius 2 is 1.96 bits per heavy atom. The summed E-state index contributed by atoms with van der Waals surface area (Å²) >= 11 is 0. The molecule has 6 heteroatoms. The molecule has 1 heterocycles. The molecule has 1 aromatic heterocycles. The fourth-order valence-electron chi connectivity index (χ4n) is 2.59. The lowest BCUT2D eigenvalue weighted by molar-refractivity contribution is 0.0945. The molecule has 0 saturated heterocycles. The third-order valence-corrected chi connectivity index (χ3v) is 3.78. The van der Waals surface area contributed by atoms with Crippen molar-refractivity contribution in [2.24, 2.45) is 0 Å². The number of rotatable bonds is 6. The van der Waals surface area contributed by atoms with Crippen LogP contribution in [0.4, 0.5) is 4.39 Å². The quantitative estimate of drug-likeness (QED) is 0.757. The zero-order valence-electron chi connectivity index (χ0n) is 13.3. The Kier molecular flexibility index (Phi) is 4.86. The number of nitrogens with one attached hydrogen (secondary N) is 1. The molecule has 0 spiro atoms. The second-order valence-corrected chi connectivity index (χ2v) is 5.32. The number of carbonyl (C=O) groups is 1. The highest BCUT2D eigenvalue weighted by Crippen LogP contribution is 2.16. The van der Waals surface area contributed by atoms with Crippen molar-refractivity contribution in [3.05, 3.63) is 65.7 Å². The predicted octanol–water partition coefficient (Wildman–Crippen LogP) is 2.75. The maximum Gasteiger partial charge on any atom is 0.254 e. The number of benzene rings is 2. The van der Waals surface area contributed by atoms with E-state index in [0.29, 0.717) is 19.0 Å². The van der Waals surface area contributed by atoms with Gasteiger partial charge in [-0.05, 0) is 24.3 Å². The summed E-state index contributed by atoms with van der Waals surface area (Å²) in [5.41, 5.74) is 1.85. The molecule has 0 radical (unpaired) electrons. The number of nitrogens with zero attached hydrogens (tertiary/aromatic N) is 2. The van der Waals surface area contributed by atoms with Gasteiger partial charge in [-0.1, -0.05) is 24.3 Å². The molecule has 124 valence electrons. The molecule has 2 aromatic carbocycles. The standard InChI is InChI=1S/C18H18FN3O2/c1-24-11-10-22-16-9-5-4-8-15(16)21-17(22)12-20-18(23)13-6-2-3-7-14(13)19/h2-9H,10-12H2,1H3,(H,20,23). The summed E-state index contributed by atoms with van der Waals surface area (Å²) in [6.45, 7) is 1.38. The fourth-order valence-corrected chi connectivity index (χ4v) is 2.59. The van der Waals surface area contributed by atoms with E-state index in [1.165, 1.54) is 12.1 Å². The normalized spacial score (nSPS) is 10.9. The van der Waals surface area contributed by atoms with Gasteiger partial charge in [0.05, 0.1) is 29.7 Å². The molecule has 0 unspecified atom stereocenters. The van der Waals surface area contributed by atoms with Crippen LogP contribution in [0.1, 0.15) is 16.2 Å². The first-order chi connectivity index (χ1) is 11.7. The summed E-state index contributed by atoms with van der Waals surface area (Å²) in [6.07, 6.45) is 0. The SMILES string of the molecule is COCCn1c(CNC(=O)c2ccccc2F)nc2ccccc21. The van der Waals surface area contributed by atoms with Crippen molar-refractivity contribution in [3.8, 4) is 0 Å². The lowest BCUT2D eigenvalue weighted by Gasteiger charge is -2.10. The first-order valence-electron chi connectivity index (χ1n) is 7.66. The van der Waals surface area contributed by atoms with Gasteiger partial charge in [-0.2, -0.15) is 0 Å². The minimum absolute atomic E-state index is 0.0250. The Hall–Kier alpha value is -2.73. The summed E-state index contributed by atoms with van der Waals surface area (Å²) in [5, 5.41) is 2.73. The Balaban J connectivity index is 1.82.